The Labute approximate surface area is 119 Å². The predicted molar refractivity (Wildman–Crippen MR) is 74.7 cm³/mol. The summed E-state index contributed by atoms with van der Waals surface area (Å²) in [4.78, 5) is 26.6. The molecule has 20 heavy (non-hydrogen) atoms. The molecule has 2 amide bonds. The standard InChI is InChI=1S/C13H25N3O4/c1-15-6-4-10(5-7-15)16(2)13(19)14-9-11(20-3)8-12(17)18/h10-11H,4-9H2,1-3H3,(H,14,19)(H,17,18). The molecule has 0 spiro atoms. The van der Waals surface area contributed by atoms with E-state index in [-0.39, 0.29) is 25.0 Å². The van der Waals surface area contributed by atoms with Crippen LogP contribution in [0, 0.1) is 0 Å². The van der Waals surface area contributed by atoms with Crippen molar-refractivity contribution < 1.29 is 19.4 Å². The molecule has 1 unspecified atom stereocenters. The van der Waals surface area contributed by atoms with Crippen molar-refractivity contribution in [3.63, 3.8) is 0 Å². The van der Waals surface area contributed by atoms with Crippen LogP contribution in [0.3, 0.4) is 0 Å². The highest BCUT2D eigenvalue weighted by Crippen LogP contribution is 2.14. The maximum atomic E-state index is 12.0. The molecule has 0 radical (unpaired) electrons. The average Bonchev–Trinajstić information content (AvgIpc) is 2.42. The number of aliphatic carboxylic acids is 1. The summed E-state index contributed by atoms with van der Waals surface area (Å²) in [6.07, 6.45) is 1.31. The number of piperidine rings is 1. The first-order valence-corrected chi connectivity index (χ1v) is 6.87. The van der Waals surface area contributed by atoms with Crippen LogP contribution < -0.4 is 5.32 Å². The smallest absolute Gasteiger partial charge is 0.317 e. The summed E-state index contributed by atoms with van der Waals surface area (Å²) in [6.45, 7) is 2.18. The molecule has 1 fully saturated rings. The molecule has 0 aromatic carbocycles. The molecule has 0 aromatic heterocycles. The number of carbonyl (C=O) groups excluding carboxylic acids is 1. The fourth-order valence-corrected chi connectivity index (χ4v) is 2.31. The van der Waals surface area contributed by atoms with E-state index in [4.69, 9.17) is 9.84 Å². The summed E-state index contributed by atoms with van der Waals surface area (Å²) < 4.78 is 5.03. The Kier molecular flexibility index (Phi) is 6.74. The van der Waals surface area contributed by atoms with Gasteiger partial charge in [0.15, 0.2) is 0 Å². The van der Waals surface area contributed by atoms with E-state index in [0.717, 1.165) is 25.9 Å². The molecule has 1 heterocycles. The van der Waals surface area contributed by atoms with Crippen LogP contribution in [0.1, 0.15) is 19.3 Å². The van der Waals surface area contributed by atoms with E-state index in [2.05, 4.69) is 17.3 Å². The topological polar surface area (TPSA) is 82.1 Å². The van der Waals surface area contributed by atoms with Crippen LogP contribution in [0.25, 0.3) is 0 Å². The van der Waals surface area contributed by atoms with Crippen molar-refractivity contribution in [2.45, 2.75) is 31.4 Å². The summed E-state index contributed by atoms with van der Waals surface area (Å²) in [7, 11) is 5.30. The van der Waals surface area contributed by atoms with Crippen LogP contribution in [0.2, 0.25) is 0 Å². The van der Waals surface area contributed by atoms with Crippen LogP contribution in [0.4, 0.5) is 4.79 Å². The van der Waals surface area contributed by atoms with Gasteiger partial charge in [-0.15, -0.1) is 0 Å². The lowest BCUT2D eigenvalue weighted by Crippen LogP contribution is -2.49. The summed E-state index contributed by atoms with van der Waals surface area (Å²) >= 11 is 0. The average molecular weight is 287 g/mol. The lowest BCUT2D eigenvalue weighted by Gasteiger charge is -2.35. The normalized spacial score (nSPS) is 18.6. The number of likely N-dealkylation sites (tertiary alicyclic amines) is 1. The van der Waals surface area contributed by atoms with Gasteiger partial charge >= 0.3 is 12.0 Å². The van der Waals surface area contributed by atoms with E-state index >= 15 is 0 Å². The van der Waals surface area contributed by atoms with E-state index in [1.54, 1.807) is 11.9 Å². The highest BCUT2D eigenvalue weighted by molar-refractivity contribution is 5.74. The maximum absolute atomic E-state index is 12.0. The third-order valence-corrected chi connectivity index (χ3v) is 3.77. The number of nitrogens with one attached hydrogen (secondary N) is 1. The number of carboxylic acids is 1. The molecule has 0 saturated carbocycles. The molecule has 1 rings (SSSR count). The number of rotatable bonds is 6. The van der Waals surface area contributed by atoms with E-state index in [1.165, 1.54) is 7.11 Å². The van der Waals surface area contributed by atoms with Crippen LogP contribution in [0.15, 0.2) is 0 Å². The number of carbonyl (C=O) groups is 2. The zero-order valence-electron chi connectivity index (χ0n) is 12.5. The quantitative estimate of drug-likeness (QED) is 0.730. The summed E-state index contributed by atoms with van der Waals surface area (Å²) in [5.74, 6) is -0.935. The third-order valence-electron chi connectivity index (χ3n) is 3.77. The van der Waals surface area contributed by atoms with Gasteiger partial charge in [0.05, 0.1) is 12.5 Å². The Bertz CT molecular complexity index is 330. The number of hydrogen-bond acceptors (Lipinski definition) is 4. The minimum Gasteiger partial charge on any atom is -0.481 e. The Hall–Kier alpha value is -1.34. The van der Waals surface area contributed by atoms with Crippen LogP contribution in [0.5, 0.6) is 0 Å². The number of urea groups is 1. The Morgan fingerprint density at radius 1 is 1.45 bits per heavy atom. The number of methoxy groups -OCH3 is 1. The minimum atomic E-state index is -0.935. The van der Waals surface area contributed by atoms with Crippen molar-refractivity contribution in [1.82, 2.24) is 15.1 Å². The molecule has 1 aliphatic heterocycles. The van der Waals surface area contributed by atoms with E-state index in [0.29, 0.717) is 0 Å². The highest BCUT2D eigenvalue weighted by atomic mass is 16.5. The van der Waals surface area contributed by atoms with E-state index in [9.17, 15) is 9.59 Å². The molecule has 0 bridgehead atoms. The Morgan fingerprint density at radius 3 is 2.55 bits per heavy atom. The number of ether oxygens (including phenoxy) is 1. The van der Waals surface area contributed by atoms with Gasteiger partial charge in [0.25, 0.3) is 0 Å². The lowest BCUT2D eigenvalue weighted by atomic mass is 10.0. The molecule has 1 aliphatic rings. The van der Waals surface area contributed by atoms with Gasteiger partial charge in [0, 0.05) is 26.7 Å². The van der Waals surface area contributed by atoms with Crippen molar-refractivity contribution in [2.24, 2.45) is 0 Å². The van der Waals surface area contributed by atoms with Gasteiger partial charge in [-0.2, -0.15) is 0 Å². The van der Waals surface area contributed by atoms with Crippen molar-refractivity contribution in [1.29, 1.82) is 0 Å². The van der Waals surface area contributed by atoms with Gasteiger partial charge in [-0.3, -0.25) is 4.79 Å². The first-order chi connectivity index (χ1) is 9.43. The summed E-state index contributed by atoms with van der Waals surface area (Å²) in [5, 5.41) is 11.4. The predicted octanol–water partition coefficient (Wildman–Crippen LogP) is 0.212. The first-order valence-electron chi connectivity index (χ1n) is 6.87. The van der Waals surface area contributed by atoms with Gasteiger partial charge in [0.2, 0.25) is 0 Å². The van der Waals surface area contributed by atoms with Crippen LogP contribution in [-0.4, -0.2) is 79.9 Å². The molecule has 0 aromatic rings. The van der Waals surface area contributed by atoms with Gasteiger partial charge in [-0.05, 0) is 33.0 Å². The maximum Gasteiger partial charge on any atom is 0.317 e. The molecule has 0 aliphatic carbocycles. The van der Waals surface area contributed by atoms with Gasteiger partial charge in [0.1, 0.15) is 0 Å². The number of amides is 2. The van der Waals surface area contributed by atoms with Crippen LogP contribution in [-0.2, 0) is 9.53 Å². The largest absolute Gasteiger partial charge is 0.481 e. The SMILES string of the molecule is COC(CNC(=O)N(C)C1CCN(C)CC1)CC(=O)O. The second-order valence-electron chi connectivity index (χ2n) is 5.29. The van der Waals surface area contributed by atoms with Crippen molar-refractivity contribution in [3.8, 4) is 0 Å². The molecule has 7 nitrogen and oxygen atoms in total. The van der Waals surface area contributed by atoms with Gasteiger partial charge in [-0.25, -0.2) is 4.79 Å². The van der Waals surface area contributed by atoms with Crippen molar-refractivity contribution in [2.75, 3.05) is 40.8 Å². The summed E-state index contributed by atoms with van der Waals surface area (Å²) in [6, 6.07) is 0.0682. The fourth-order valence-electron chi connectivity index (χ4n) is 2.31. The second-order valence-corrected chi connectivity index (χ2v) is 5.29. The summed E-state index contributed by atoms with van der Waals surface area (Å²) in [5.41, 5.74) is 0. The van der Waals surface area contributed by atoms with Crippen molar-refractivity contribution >= 4 is 12.0 Å². The molecule has 2 N–H and O–H groups in total. The zero-order valence-corrected chi connectivity index (χ0v) is 12.5. The molecule has 1 atom stereocenters. The second kappa shape index (κ2) is 8.06. The molecule has 116 valence electrons. The minimum absolute atomic E-state index is 0.116. The third kappa shape index (κ3) is 5.34. The Morgan fingerprint density at radius 2 is 2.05 bits per heavy atom. The van der Waals surface area contributed by atoms with Crippen LogP contribution >= 0.6 is 0 Å². The Balaban J connectivity index is 2.35. The number of nitrogens with zero attached hydrogens (tertiary/aromatic N) is 2. The fraction of sp³-hybridized carbons (Fsp3) is 0.846. The lowest BCUT2D eigenvalue weighted by molar-refractivity contribution is -0.139. The number of carboxylic acid groups (broad SMARTS) is 1. The molecular weight excluding hydrogens is 262 g/mol. The first kappa shape index (κ1) is 16.7. The van der Waals surface area contributed by atoms with Crippen molar-refractivity contribution in [3.05, 3.63) is 0 Å². The van der Waals surface area contributed by atoms with Gasteiger partial charge in [-0.1, -0.05) is 0 Å². The van der Waals surface area contributed by atoms with E-state index in [1.807, 2.05) is 0 Å². The highest BCUT2D eigenvalue weighted by Gasteiger charge is 2.24. The zero-order chi connectivity index (χ0) is 15.1. The number of hydrogen-bond donors (Lipinski definition) is 2. The monoisotopic (exact) mass is 287 g/mol. The van der Waals surface area contributed by atoms with E-state index < -0.39 is 12.1 Å². The molecular formula is C13H25N3O4. The molecule has 7 heteroatoms. The molecule has 1 saturated heterocycles. The van der Waals surface area contributed by atoms with Gasteiger partial charge < -0.3 is 25.0 Å².